The summed E-state index contributed by atoms with van der Waals surface area (Å²) in [6.45, 7) is 4.19. The third kappa shape index (κ3) is 3.86. The third-order valence-corrected chi connectivity index (χ3v) is 3.45. The fraction of sp³-hybridized carbons (Fsp3) is 0.312. The molecule has 120 valence electrons. The van der Waals surface area contributed by atoms with Crippen molar-refractivity contribution in [2.24, 2.45) is 7.05 Å². The largest absolute Gasteiger partial charge is 0.323 e. The summed E-state index contributed by atoms with van der Waals surface area (Å²) in [5, 5.41) is 15.7. The van der Waals surface area contributed by atoms with Crippen molar-refractivity contribution in [3.63, 3.8) is 0 Å². The molecule has 0 aliphatic rings. The van der Waals surface area contributed by atoms with Gasteiger partial charge in [-0.25, -0.2) is 9.18 Å². The zero-order chi connectivity index (χ0) is 17.0. The first-order valence-electron chi connectivity index (χ1n) is 7.19. The van der Waals surface area contributed by atoms with E-state index in [0.717, 1.165) is 5.69 Å². The number of nitrogens with zero attached hydrogens (tertiary/aromatic N) is 4. The predicted molar refractivity (Wildman–Crippen MR) is 84.2 cm³/mol. The van der Waals surface area contributed by atoms with Gasteiger partial charge in [-0.05, 0) is 26.0 Å². The molecule has 2 amide bonds. The van der Waals surface area contributed by atoms with E-state index in [2.05, 4.69) is 10.4 Å². The van der Waals surface area contributed by atoms with Crippen molar-refractivity contribution in [2.45, 2.75) is 20.4 Å². The lowest BCUT2D eigenvalue weighted by molar-refractivity contribution is 0.211. The van der Waals surface area contributed by atoms with Crippen LogP contribution in [-0.4, -0.2) is 27.3 Å². The second-order valence-electron chi connectivity index (χ2n) is 5.16. The number of carbonyl (C=O) groups is 1. The minimum absolute atomic E-state index is 0.122. The monoisotopic (exact) mass is 315 g/mol. The highest BCUT2D eigenvalue weighted by atomic mass is 19.1. The molecule has 0 fully saturated rings. The normalized spacial score (nSPS) is 10.2. The number of nitriles is 1. The van der Waals surface area contributed by atoms with Crippen LogP contribution in [0.1, 0.15) is 23.7 Å². The lowest BCUT2D eigenvalue weighted by atomic mass is 10.1. The molecule has 1 N–H and O–H groups in total. The van der Waals surface area contributed by atoms with Gasteiger partial charge in [0.15, 0.2) is 0 Å². The topological polar surface area (TPSA) is 74.0 Å². The highest BCUT2D eigenvalue weighted by molar-refractivity contribution is 5.88. The molecule has 23 heavy (non-hydrogen) atoms. The molecule has 1 heterocycles. The van der Waals surface area contributed by atoms with Crippen LogP contribution >= 0.6 is 0 Å². The van der Waals surface area contributed by atoms with Gasteiger partial charge in [0.25, 0.3) is 0 Å². The number of nitrogens with one attached hydrogen (secondary N) is 1. The number of benzene rings is 1. The third-order valence-electron chi connectivity index (χ3n) is 3.45. The Labute approximate surface area is 134 Å². The first-order valence-corrected chi connectivity index (χ1v) is 7.19. The number of urea groups is 1. The Kier molecular flexibility index (Phi) is 4.96. The van der Waals surface area contributed by atoms with Crippen molar-refractivity contribution >= 4 is 11.8 Å². The molecule has 2 rings (SSSR count). The van der Waals surface area contributed by atoms with Crippen molar-refractivity contribution in [1.82, 2.24) is 14.7 Å². The van der Waals surface area contributed by atoms with Crippen LogP contribution in [0.4, 0.5) is 15.0 Å². The lowest BCUT2D eigenvalue weighted by Crippen LogP contribution is -2.35. The molecular weight excluding hydrogens is 297 g/mol. The van der Waals surface area contributed by atoms with Gasteiger partial charge in [-0.1, -0.05) is 6.07 Å². The summed E-state index contributed by atoms with van der Waals surface area (Å²) >= 11 is 0. The predicted octanol–water partition coefficient (Wildman–Crippen LogP) is 2.79. The van der Waals surface area contributed by atoms with Gasteiger partial charge in [0.05, 0.1) is 23.9 Å². The number of anilines is 1. The molecule has 0 aliphatic carbocycles. The number of aromatic nitrogens is 2. The Hall–Kier alpha value is -2.88. The van der Waals surface area contributed by atoms with E-state index in [4.69, 9.17) is 5.26 Å². The van der Waals surface area contributed by atoms with Gasteiger partial charge >= 0.3 is 6.03 Å². The molecule has 0 atom stereocenters. The molecular formula is C16H18FN5O. The summed E-state index contributed by atoms with van der Waals surface area (Å²) in [6, 6.07) is 7.54. The highest BCUT2D eigenvalue weighted by Gasteiger charge is 2.16. The van der Waals surface area contributed by atoms with Crippen molar-refractivity contribution in [3.8, 4) is 6.07 Å². The Morgan fingerprint density at radius 2 is 2.22 bits per heavy atom. The number of hydrogen-bond acceptors (Lipinski definition) is 3. The van der Waals surface area contributed by atoms with Crippen LogP contribution in [0.25, 0.3) is 0 Å². The van der Waals surface area contributed by atoms with Gasteiger partial charge in [-0.15, -0.1) is 0 Å². The molecule has 0 aliphatic heterocycles. The van der Waals surface area contributed by atoms with Gasteiger partial charge in [0, 0.05) is 25.2 Å². The van der Waals surface area contributed by atoms with Crippen LogP contribution < -0.4 is 5.32 Å². The van der Waals surface area contributed by atoms with E-state index in [0.29, 0.717) is 17.9 Å². The second-order valence-corrected chi connectivity index (χ2v) is 5.16. The van der Waals surface area contributed by atoms with Gasteiger partial charge in [0.1, 0.15) is 11.6 Å². The van der Waals surface area contributed by atoms with Crippen LogP contribution in [0.2, 0.25) is 0 Å². The van der Waals surface area contributed by atoms with Crippen LogP contribution in [0.3, 0.4) is 0 Å². The summed E-state index contributed by atoms with van der Waals surface area (Å²) in [6.07, 6.45) is 0. The maximum atomic E-state index is 14.0. The van der Waals surface area contributed by atoms with Crippen LogP contribution in [0.15, 0.2) is 24.3 Å². The molecule has 0 saturated carbocycles. The van der Waals surface area contributed by atoms with Crippen molar-refractivity contribution in [2.75, 3.05) is 11.9 Å². The lowest BCUT2D eigenvalue weighted by Gasteiger charge is -2.21. The maximum absolute atomic E-state index is 14.0. The second kappa shape index (κ2) is 6.92. The quantitative estimate of drug-likeness (QED) is 0.942. The average Bonchev–Trinajstić information content (AvgIpc) is 2.83. The first kappa shape index (κ1) is 16.5. The average molecular weight is 315 g/mol. The van der Waals surface area contributed by atoms with E-state index >= 15 is 0 Å². The molecule has 0 bridgehead atoms. The summed E-state index contributed by atoms with van der Waals surface area (Å²) in [4.78, 5) is 13.8. The molecule has 0 spiro atoms. The van der Waals surface area contributed by atoms with Gasteiger partial charge < -0.3 is 4.90 Å². The molecule has 2 aromatic rings. The molecule has 6 nitrogen and oxygen atoms in total. The molecule has 7 heteroatoms. The van der Waals surface area contributed by atoms with Gasteiger partial charge in [0.2, 0.25) is 0 Å². The SMILES string of the molecule is CCN(Cc1ccc(C#N)cc1F)C(=O)Nc1cc(C)nn1C. The number of aryl methyl sites for hydroxylation is 2. The summed E-state index contributed by atoms with van der Waals surface area (Å²) in [5.41, 5.74) is 1.41. The summed E-state index contributed by atoms with van der Waals surface area (Å²) in [7, 11) is 1.74. The molecule has 1 aromatic heterocycles. The van der Waals surface area contributed by atoms with Crippen molar-refractivity contribution in [1.29, 1.82) is 5.26 Å². The number of amides is 2. The first-order chi connectivity index (χ1) is 10.9. The number of halogens is 1. The van der Waals surface area contributed by atoms with Crippen LogP contribution in [0, 0.1) is 24.1 Å². The van der Waals surface area contributed by atoms with Gasteiger partial charge in [-0.2, -0.15) is 10.4 Å². The van der Waals surface area contributed by atoms with E-state index in [9.17, 15) is 9.18 Å². The van der Waals surface area contributed by atoms with Crippen LogP contribution in [-0.2, 0) is 13.6 Å². The van der Waals surface area contributed by atoms with E-state index < -0.39 is 5.82 Å². The molecule has 0 radical (unpaired) electrons. The Balaban J connectivity index is 2.12. The highest BCUT2D eigenvalue weighted by Crippen LogP contribution is 2.14. The maximum Gasteiger partial charge on any atom is 0.323 e. The summed E-state index contributed by atoms with van der Waals surface area (Å²) in [5.74, 6) is 0.0814. The van der Waals surface area contributed by atoms with E-state index in [1.165, 1.54) is 23.1 Å². The fourth-order valence-corrected chi connectivity index (χ4v) is 2.19. The van der Waals surface area contributed by atoms with E-state index in [-0.39, 0.29) is 18.1 Å². The Morgan fingerprint density at radius 3 is 2.74 bits per heavy atom. The van der Waals surface area contributed by atoms with Crippen molar-refractivity contribution in [3.05, 3.63) is 46.9 Å². The van der Waals surface area contributed by atoms with Crippen LogP contribution in [0.5, 0.6) is 0 Å². The minimum Gasteiger partial charge on any atom is -0.320 e. The number of rotatable bonds is 4. The number of carbonyl (C=O) groups excluding carboxylic acids is 1. The Bertz CT molecular complexity index is 762. The molecule has 0 saturated heterocycles. The fourth-order valence-electron chi connectivity index (χ4n) is 2.19. The van der Waals surface area contributed by atoms with Crippen molar-refractivity contribution < 1.29 is 9.18 Å². The summed E-state index contributed by atoms with van der Waals surface area (Å²) < 4.78 is 15.5. The van der Waals surface area contributed by atoms with Gasteiger partial charge in [-0.3, -0.25) is 10.00 Å². The zero-order valence-corrected chi connectivity index (χ0v) is 13.3. The molecule has 1 aromatic carbocycles. The standard InChI is InChI=1S/C16H18FN5O/c1-4-22(10-13-6-5-12(9-18)8-14(13)17)16(23)19-15-7-11(2)20-21(15)3/h5-8H,4,10H2,1-3H3,(H,19,23). The molecule has 0 unspecified atom stereocenters. The zero-order valence-electron chi connectivity index (χ0n) is 13.3. The van der Waals surface area contributed by atoms with E-state index in [1.54, 1.807) is 17.8 Å². The number of hydrogen-bond donors (Lipinski definition) is 1. The van der Waals surface area contributed by atoms with E-state index in [1.807, 2.05) is 19.9 Å². The minimum atomic E-state index is -0.494. The Morgan fingerprint density at radius 1 is 1.48 bits per heavy atom. The smallest absolute Gasteiger partial charge is 0.320 e.